The molecule has 0 aliphatic heterocycles. The fourth-order valence-electron chi connectivity index (χ4n) is 0. The van der Waals surface area contributed by atoms with E-state index in [9.17, 15) is 0 Å². The zero-order valence-corrected chi connectivity index (χ0v) is 9.38. The average molecular weight is 206 g/mol. The molecule has 0 unspecified atom stereocenters. The molecule has 6 heavy (non-hydrogen) atoms. The summed E-state index contributed by atoms with van der Waals surface area (Å²) in [5.74, 6) is 0. The molecule has 0 fully saturated rings. The van der Waals surface area contributed by atoms with Crippen molar-refractivity contribution in [3.63, 3.8) is 0 Å². The summed E-state index contributed by atoms with van der Waals surface area (Å²) in [6, 6.07) is 0. The summed E-state index contributed by atoms with van der Waals surface area (Å²) in [7, 11) is 4.25. The van der Waals surface area contributed by atoms with Gasteiger partial charge in [0.25, 0.3) is 0 Å². The van der Waals surface area contributed by atoms with E-state index in [2.05, 4.69) is 22.8 Å². The second kappa shape index (κ2) is 16.5. The fourth-order valence-corrected chi connectivity index (χ4v) is 0. The van der Waals surface area contributed by atoms with E-state index in [-0.39, 0.29) is 0 Å². The quantitative estimate of drug-likeness (QED) is 0.630. The van der Waals surface area contributed by atoms with Gasteiger partial charge in [-0.3, -0.25) is 0 Å². The minimum absolute atomic E-state index is 0.733. The molecule has 0 radical (unpaired) electrons. The summed E-state index contributed by atoms with van der Waals surface area (Å²) in [4.78, 5) is 0. The average Bonchev–Trinajstić information content (AvgIpc) is 1.72. The Morgan fingerprint density at radius 1 is 1.17 bits per heavy atom. The van der Waals surface area contributed by atoms with Crippen molar-refractivity contribution < 1.29 is 0 Å². The van der Waals surface area contributed by atoms with Crippen LogP contribution in [0, 0.1) is 0 Å². The van der Waals surface area contributed by atoms with Gasteiger partial charge < -0.3 is 0 Å². The first-order chi connectivity index (χ1) is 2.91. The molecular formula is C4H11InS. The van der Waals surface area contributed by atoms with Crippen LogP contribution in [0.5, 0.6) is 0 Å². The molecule has 0 atom stereocenters. The number of hydrogen-bond donors (Lipinski definition) is 0. The normalized spacial score (nSPS) is 5.50. The van der Waals surface area contributed by atoms with Crippen molar-refractivity contribution in [3.8, 4) is 0 Å². The Morgan fingerprint density at radius 3 is 1.33 bits per heavy atom. The third-order valence-corrected chi connectivity index (χ3v) is 0.500. The number of unbranched alkanes of at least 4 members (excludes halogenated alkanes) is 1. The summed E-state index contributed by atoms with van der Waals surface area (Å²) in [6.45, 7) is 4.36. The summed E-state index contributed by atoms with van der Waals surface area (Å²) >= 11 is 0.733. The van der Waals surface area contributed by atoms with Gasteiger partial charge in [-0.1, -0.05) is 26.7 Å². The Labute approximate surface area is 57.9 Å². The van der Waals surface area contributed by atoms with Crippen LogP contribution in [0.2, 0.25) is 0 Å². The first-order valence-electron chi connectivity index (χ1n) is 2.20. The van der Waals surface area contributed by atoms with E-state index >= 15 is 0 Å². The van der Waals surface area contributed by atoms with Gasteiger partial charge in [0.2, 0.25) is 0 Å². The van der Waals surface area contributed by atoms with Crippen LogP contribution in [0.1, 0.15) is 26.7 Å². The van der Waals surface area contributed by atoms with Crippen molar-refractivity contribution in [1.29, 1.82) is 0 Å². The van der Waals surface area contributed by atoms with Crippen LogP contribution in [0.25, 0.3) is 0 Å². The van der Waals surface area contributed by atoms with Crippen LogP contribution in [0.4, 0.5) is 0 Å². The van der Waals surface area contributed by atoms with Gasteiger partial charge >= 0.3 is 31.3 Å². The second-order valence-electron chi connectivity index (χ2n) is 1.000. The molecule has 0 amide bonds. The second-order valence-corrected chi connectivity index (χ2v) is 1.000. The van der Waals surface area contributed by atoms with Crippen molar-refractivity contribution in [2.24, 2.45) is 0 Å². The van der Waals surface area contributed by atoms with E-state index < -0.39 is 0 Å². The molecule has 0 aromatic carbocycles. The molecule has 0 nitrogen and oxygen atoms in total. The minimum atomic E-state index is 0.733. The van der Waals surface area contributed by atoms with E-state index in [1.807, 2.05) is 0 Å². The molecule has 0 saturated heterocycles. The summed E-state index contributed by atoms with van der Waals surface area (Å²) in [5.41, 5.74) is 0. The molecule has 0 N–H and O–H groups in total. The van der Waals surface area contributed by atoms with Gasteiger partial charge in [0, 0.05) is 0 Å². The summed E-state index contributed by atoms with van der Waals surface area (Å²) < 4.78 is 0. The van der Waals surface area contributed by atoms with E-state index in [0.717, 1.165) is 22.4 Å². The van der Waals surface area contributed by atoms with E-state index in [0.29, 0.717) is 0 Å². The van der Waals surface area contributed by atoms with Crippen molar-refractivity contribution in [2.75, 3.05) is 0 Å². The van der Waals surface area contributed by atoms with Crippen molar-refractivity contribution >= 4 is 31.3 Å². The maximum absolute atomic E-state index is 4.25. The molecule has 0 spiro atoms. The number of hydrogen-bond acceptors (Lipinski definition) is 1. The summed E-state index contributed by atoms with van der Waals surface area (Å²) in [6.07, 6.45) is 2.64. The molecule has 0 rings (SSSR count). The fraction of sp³-hybridized carbons (Fsp3) is 1.00. The molecule has 0 aliphatic carbocycles. The van der Waals surface area contributed by atoms with Crippen LogP contribution < -0.4 is 0 Å². The van der Waals surface area contributed by atoms with Crippen LogP contribution >= 0.6 is 8.92 Å². The molecule has 0 heterocycles. The van der Waals surface area contributed by atoms with Crippen molar-refractivity contribution in [3.05, 3.63) is 0 Å². The van der Waals surface area contributed by atoms with Crippen LogP contribution in [-0.4, -0.2) is 22.4 Å². The van der Waals surface area contributed by atoms with Gasteiger partial charge in [0.15, 0.2) is 0 Å². The Hall–Kier alpha value is 1.09. The third kappa shape index (κ3) is 19.5. The maximum atomic E-state index is 4.25. The zero-order valence-electron chi connectivity index (χ0n) is 4.53. The van der Waals surface area contributed by atoms with Gasteiger partial charge in [-0.2, -0.15) is 0 Å². The Morgan fingerprint density at radius 2 is 1.33 bits per heavy atom. The molecule has 0 aromatic rings. The zero-order chi connectivity index (χ0) is 5.41. The van der Waals surface area contributed by atoms with Crippen molar-refractivity contribution in [1.82, 2.24) is 0 Å². The van der Waals surface area contributed by atoms with Crippen molar-refractivity contribution in [2.45, 2.75) is 26.7 Å². The van der Waals surface area contributed by atoms with Gasteiger partial charge in [-0.15, -0.1) is 0 Å². The van der Waals surface area contributed by atoms with Gasteiger partial charge in [-0.25, -0.2) is 0 Å². The van der Waals surface area contributed by atoms with Crippen LogP contribution in [0.15, 0.2) is 0 Å². The predicted octanol–water partition coefficient (Wildman–Crippen LogP) is 1.81. The van der Waals surface area contributed by atoms with Gasteiger partial charge in [0.1, 0.15) is 0 Å². The summed E-state index contributed by atoms with van der Waals surface area (Å²) in [5, 5.41) is 0. The van der Waals surface area contributed by atoms with E-state index in [1.54, 1.807) is 0 Å². The van der Waals surface area contributed by atoms with Gasteiger partial charge in [0.05, 0.1) is 0 Å². The Bertz CT molecular complexity index is 15.0. The predicted molar refractivity (Wildman–Crippen MR) is 35.3 cm³/mol. The first-order valence-corrected chi connectivity index (χ1v) is 7.72. The molecule has 36 valence electrons. The van der Waals surface area contributed by atoms with E-state index in [4.69, 9.17) is 0 Å². The third-order valence-electron chi connectivity index (χ3n) is 0.500. The van der Waals surface area contributed by atoms with E-state index in [1.165, 1.54) is 12.8 Å². The van der Waals surface area contributed by atoms with Crippen LogP contribution in [-0.2, 0) is 0 Å². The standard InChI is InChI=1S/C4H10.In.S.H/c1-3-4-2;;;/h3-4H2,1-2H3;;;. The Balaban J connectivity index is 0. The molecule has 0 bridgehead atoms. The molecule has 0 aliphatic rings. The first kappa shape index (κ1) is 10.1. The molecule has 0 saturated carbocycles. The SMILES string of the molecule is CCCC.[S]=[InH]. The topological polar surface area (TPSA) is 0 Å². The van der Waals surface area contributed by atoms with Gasteiger partial charge in [-0.05, 0) is 0 Å². The number of rotatable bonds is 1. The van der Waals surface area contributed by atoms with Crippen LogP contribution in [0.3, 0.4) is 0 Å². The molecule has 0 aromatic heterocycles. The molecule has 2 heteroatoms. The molecular weight excluding hydrogens is 195 g/mol. The Kier molecular flexibility index (Phi) is 28.0. The monoisotopic (exact) mass is 206 g/mol.